The molecule has 1 aromatic carbocycles. The van der Waals surface area contributed by atoms with Crippen LogP contribution in [0.3, 0.4) is 0 Å². The number of benzene rings is 1. The second-order valence-electron chi connectivity index (χ2n) is 5.03. The second kappa shape index (κ2) is 9.21. The van der Waals surface area contributed by atoms with Gasteiger partial charge in [0.05, 0.1) is 0 Å². The van der Waals surface area contributed by atoms with Crippen molar-refractivity contribution in [1.82, 2.24) is 10.2 Å². The van der Waals surface area contributed by atoms with Gasteiger partial charge in [-0.25, -0.2) is 0 Å². The first-order valence-electron chi connectivity index (χ1n) is 7.45. The van der Waals surface area contributed by atoms with Gasteiger partial charge >= 0.3 is 0 Å². The van der Waals surface area contributed by atoms with Crippen LogP contribution in [0.4, 0.5) is 0 Å². The van der Waals surface area contributed by atoms with Gasteiger partial charge in [-0.15, -0.1) is 24.0 Å². The lowest BCUT2D eigenvalue weighted by molar-refractivity contribution is 0.378. The Bertz CT molecular complexity index is 431. The van der Waals surface area contributed by atoms with Crippen LogP contribution in [-0.4, -0.2) is 30.5 Å². The third-order valence-corrected chi connectivity index (χ3v) is 3.54. The molecule has 0 aromatic heterocycles. The zero-order valence-corrected chi connectivity index (χ0v) is 14.9. The Labute approximate surface area is 139 Å². The standard InChI is InChI=1S/C16H25N3.HI/c1-3-5-11-18-16(17-4-2)19-12-10-14-8-6-7-9-15(14)13-19;/h6-9H,3-5,10-13H2,1-2H3,(H,17,18);1H. The molecule has 1 N–H and O–H groups in total. The van der Waals surface area contributed by atoms with E-state index in [2.05, 4.69) is 48.3 Å². The molecule has 0 saturated heterocycles. The molecule has 2 rings (SSSR count). The van der Waals surface area contributed by atoms with Crippen molar-refractivity contribution in [2.75, 3.05) is 19.6 Å². The van der Waals surface area contributed by atoms with Gasteiger partial charge < -0.3 is 10.2 Å². The Balaban J connectivity index is 0.00000200. The van der Waals surface area contributed by atoms with Crippen LogP contribution >= 0.6 is 24.0 Å². The third kappa shape index (κ3) is 4.65. The summed E-state index contributed by atoms with van der Waals surface area (Å²) in [4.78, 5) is 7.11. The predicted molar refractivity (Wildman–Crippen MR) is 96.9 cm³/mol. The van der Waals surface area contributed by atoms with Gasteiger partial charge in [0, 0.05) is 26.2 Å². The zero-order chi connectivity index (χ0) is 13.5. The number of nitrogens with zero attached hydrogens (tertiary/aromatic N) is 2. The molecule has 0 saturated carbocycles. The summed E-state index contributed by atoms with van der Waals surface area (Å²) in [5, 5.41) is 3.42. The lowest BCUT2D eigenvalue weighted by Gasteiger charge is -2.31. The van der Waals surface area contributed by atoms with E-state index in [0.717, 1.165) is 38.6 Å². The summed E-state index contributed by atoms with van der Waals surface area (Å²) in [5.41, 5.74) is 2.93. The molecule has 1 aliphatic rings. The number of nitrogens with one attached hydrogen (secondary N) is 1. The van der Waals surface area contributed by atoms with E-state index in [0.29, 0.717) is 0 Å². The molecule has 0 radical (unpaired) electrons. The van der Waals surface area contributed by atoms with Gasteiger partial charge in [0.15, 0.2) is 5.96 Å². The first kappa shape index (κ1) is 17.3. The summed E-state index contributed by atoms with van der Waals surface area (Å²) >= 11 is 0. The van der Waals surface area contributed by atoms with Crippen molar-refractivity contribution in [3.8, 4) is 0 Å². The fraction of sp³-hybridized carbons (Fsp3) is 0.562. The molecular weight excluding hydrogens is 361 g/mol. The van der Waals surface area contributed by atoms with E-state index in [1.165, 1.54) is 24.0 Å². The minimum atomic E-state index is 0. The lowest BCUT2D eigenvalue weighted by Crippen LogP contribution is -2.44. The first-order chi connectivity index (χ1) is 9.35. The normalized spacial score (nSPS) is 14.5. The maximum absolute atomic E-state index is 4.73. The van der Waals surface area contributed by atoms with Gasteiger partial charge in [0.2, 0.25) is 0 Å². The highest BCUT2D eigenvalue weighted by molar-refractivity contribution is 14.0. The van der Waals surface area contributed by atoms with Crippen molar-refractivity contribution in [1.29, 1.82) is 0 Å². The largest absolute Gasteiger partial charge is 0.357 e. The number of halogens is 1. The molecule has 0 spiro atoms. The first-order valence-corrected chi connectivity index (χ1v) is 7.45. The molecule has 0 aliphatic carbocycles. The monoisotopic (exact) mass is 387 g/mol. The van der Waals surface area contributed by atoms with Gasteiger partial charge in [-0.05, 0) is 30.9 Å². The highest BCUT2D eigenvalue weighted by Gasteiger charge is 2.18. The lowest BCUT2D eigenvalue weighted by atomic mass is 10.0. The summed E-state index contributed by atoms with van der Waals surface area (Å²) in [7, 11) is 0. The fourth-order valence-corrected chi connectivity index (χ4v) is 2.45. The molecule has 4 heteroatoms. The molecule has 112 valence electrons. The summed E-state index contributed by atoms with van der Waals surface area (Å²) in [6.45, 7) is 8.25. The zero-order valence-electron chi connectivity index (χ0n) is 12.6. The van der Waals surface area contributed by atoms with Crippen LogP contribution < -0.4 is 5.32 Å². The van der Waals surface area contributed by atoms with Crippen molar-refractivity contribution in [3.05, 3.63) is 35.4 Å². The maximum atomic E-state index is 4.73. The van der Waals surface area contributed by atoms with E-state index in [4.69, 9.17) is 4.99 Å². The Hall–Kier alpha value is -0.780. The molecule has 0 amide bonds. The van der Waals surface area contributed by atoms with E-state index in [-0.39, 0.29) is 24.0 Å². The number of unbranched alkanes of at least 4 members (excludes halogenated alkanes) is 1. The quantitative estimate of drug-likeness (QED) is 0.371. The second-order valence-corrected chi connectivity index (χ2v) is 5.03. The minimum absolute atomic E-state index is 0. The van der Waals surface area contributed by atoms with Crippen molar-refractivity contribution in [3.63, 3.8) is 0 Å². The highest BCUT2D eigenvalue weighted by atomic mass is 127. The van der Waals surface area contributed by atoms with Gasteiger partial charge in [0.25, 0.3) is 0 Å². The Morgan fingerprint density at radius 1 is 1.25 bits per heavy atom. The van der Waals surface area contributed by atoms with Crippen molar-refractivity contribution in [2.24, 2.45) is 4.99 Å². The van der Waals surface area contributed by atoms with Gasteiger partial charge in [-0.1, -0.05) is 37.6 Å². The number of guanidine groups is 1. The molecular formula is C16H26IN3. The summed E-state index contributed by atoms with van der Waals surface area (Å²) in [6.07, 6.45) is 3.49. The van der Waals surface area contributed by atoms with Crippen LogP contribution in [0.1, 0.15) is 37.8 Å². The summed E-state index contributed by atoms with van der Waals surface area (Å²) in [6, 6.07) is 8.74. The molecule has 20 heavy (non-hydrogen) atoms. The molecule has 1 aromatic rings. The van der Waals surface area contributed by atoms with Crippen LogP contribution in [0, 0.1) is 0 Å². The number of rotatable bonds is 4. The molecule has 0 atom stereocenters. The predicted octanol–water partition coefficient (Wildman–Crippen LogP) is 3.43. The van der Waals surface area contributed by atoms with E-state index in [1.807, 2.05) is 0 Å². The number of fused-ring (bicyclic) bond motifs is 1. The smallest absolute Gasteiger partial charge is 0.194 e. The molecule has 0 fully saturated rings. The Morgan fingerprint density at radius 3 is 2.70 bits per heavy atom. The van der Waals surface area contributed by atoms with Gasteiger partial charge in [-0.3, -0.25) is 4.99 Å². The van der Waals surface area contributed by atoms with E-state index in [1.54, 1.807) is 0 Å². The number of aliphatic imine (C=N–C) groups is 1. The summed E-state index contributed by atoms with van der Waals surface area (Å²) < 4.78 is 0. The van der Waals surface area contributed by atoms with Crippen molar-refractivity contribution in [2.45, 2.75) is 39.7 Å². The van der Waals surface area contributed by atoms with Gasteiger partial charge in [0.1, 0.15) is 0 Å². The van der Waals surface area contributed by atoms with Crippen molar-refractivity contribution < 1.29 is 0 Å². The summed E-state index contributed by atoms with van der Waals surface area (Å²) in [5.74, 6) is 1.07. The van der Waals surface area contributed by atoms with Crippen LogP contribution in [-0.2, 0) is 13.0 Å². The Morgan fingerprint density at radius 2 is 2.00 bits per heavy atom. The third-order valence-electron chi connectivity index (χ3n) is 3.54. The number of hydrogen-bond acceptors (Lipinski definition) is 1. The van der Waals surface area contributed by atoms with E-state index >= 15 is 0 Å². The number of hydrogen-bond donors (Lipinski definition) is 1. The SMILES string of the molecule is CCCCN=C(NCC)N1CCc2ccccc2C1.I. The van der Waals surface area contributed by atoms with Crippen LogP contribution in [0.5, 0.6) is 0 Å². The fourth-order valence-electron chi connectivity index (χ4n) is 2.45. The molecule has 1 aliphatic heterocycles. The average Bonchev–Trinajstić information content (AvgIpc) is 2.46. The average molecular weight is 387 g/mol. The maximum Gasteiger partial charge on any atom is 0.194 e. The van der Waals surface area contributed by atoms with Gasteiger partial charge in [-0.2, -0.15) is 0 Å². The molecule has 0 unspecified atom stereocenters. The van der Waals surface area contributed by atoms with Crippen LogP contribution in [0.2, 0.25) is 0 Å². The molecule has 0 bridgehead atoms. The topological polar surface area (TPSA) is 27.6 Å². The Kier molecular flexibility index (Phi) is 7.95. The molecule has 1 heterocycles. The molecule has 3 nitrogen and oxygen atoms in total. The van der Waals surface area contributed by atoms with E-state index < -0.39 is 0 Å². The minimum Gasteiger partial charge on any atom is -0.357 e. The highest BCUT2D eigenvalue weighted by Crippen LogP contribution is 2.18. The van der Waals surface area contributed by atoms with Crippen molar-refractivity contribution >= 4 is 29.9 Å². The van der Waals surface area contributed by atoms with Crippen LogP contribution in [0.15, 0.2) is 29.3 Å². The van der Waals surface area contributed by atoms with Crippen LogP contribution in [0.25, 0.3) is 0 Å². The van der Waals surface area contributed by atoms with E-state index in [9.17, 15) is 0 Å².